The van der Waals surface area contributed by atoms with E-state index < -0.39 is 27.4 Å². The maximum absolute atomic E-state index is 14.0. The number of rotatable bonds is 8. The topological polar surface area (TPSA) is 81.2 Å². The molecule has 0 radical (unpaired) electrons. The molecule has 4 heterocycles. The standard InChI is InChI=1S/C25H37N3O4S/c1-4-5-6-14-27-15-10-12-25-19(18-21(30)26(3)13-9-11-24(18,2)33-25)22(31)28(16-7-8-17-29)20(25)23(27)32/h9-12,18-20,29H,4-8,13-17H2,1-3H3/t18-,19-,20?,24+,25-/m0/s1. The van der Waals surface area contributed by atoms with Crippen LogP contribution in [0.1, 0.15) is 46.0 Å². The van der Waals surface area contributed by atoms with Gasteiger partial charge in [-0.1, -0.05) is 44.1 Å². The predicted octanol–water partition coefficient (Wildman–Crippen LogP) is 2.06. The molecule has 5 atom stereocenters. The zero-order valence-corrected chi connectivity index (χ0v) is 20.9. The number of unbranched alkanes of at least 4 members (excludes halogenated alkanes) is 3. The molecule has 0 aromatic heterocycles. The van der Waals surface area contributed by atoms with Gasteiger partial charge >= 0.3 is 0 Å². The number of likely N-dealkylation sites (N-methyl/N-ethyl adjacent to an activating group) is 1. The molecular weight excluding hydrogens is 438 g/mol. The Kier molecular flexibility index (Phi) is 6.97. The third kappa shape index (κ3) is 3.93. The molecule has 7 nitrogen and oxygen atoms in total. The van der Waals surface area contributed by atoms with Crippen LogP contribution in [0.5, 0.6) is 0 Å². The molecule has 1 unspecified atom stereocenters. The Hall–Kier alpha value is -1.80. The molecule has 0 aromatic rings. The van der Waals surface area contributed by atoms with Crippen molar-refractivity contribution in [2.75, 3.05) is 39.8 Å². The number of hydrogen-bond acceptors (Lipinski definition) is 5. The lowest BCUT2D eigenvalue weighted by Crippen LogP contribution is -2.53. The maximum atomic E-state index is 14.0. The Morgan fingerprint density at radius 2 is 1.70 bits per heavy atom. The summed E-state index contributed by atoms with van der Waals surface area (Å²) in [6, 6.07) is -0.616. The SMILES string of the molecule is CCCCCN1CC=C[C@]23S[C@]4(C)C=CCN(C)C(=O)[C@@H]4[C@H]2C(=O)N(CCCCO)C3C1=O. The molecule has 1 spiro atoms. The molecule has 2 saturated heterocycles. The Morgan fingerprint density at radius 3 is 2.42 bits per heavy atom. The molecule has 4 rings (SSSR count). The Morgan fingerprint density at radius 1 is 0.970 bits per heavy atom. The summed E-state index contributed by atoms with van der Waals surface area (Å²) in [6.07, 6.45) is 12.5. The van der Waals surface area contributed by atoms with E-state index in [9.17, 15) is 19.5 Å². The van der Waals surface area contributed by atoms with E-state index in [1.165, 1.54) is 0 Å². The van der Waals surface area contributed by atoms with Gasteiger partial charge in [0.25, 0.3) is 0 Å². The Labute approximate surface area is 201 Å². The molecule has 2 fully saturated rings. The number of hydrogen-bond donors (Lipinski definition) is 1. The number of likely N-dealkylation sites (tertiary alicyclic amines) is 1. The molecule has 0 aliphatic carbocycles. The van der Waals surface area contributed by atoms with Crippen molar-refractivity contribution in [3.05, 3.63) is 24.3 Å². The monoisotopic (exact) mass is 475 g/mol. The van der Waals surface area contributed by atoms with Crippen LogP contribution in [0.15, 0.2) is 24.3 Å². The normalized spacial score (nSPS) is 35.6. The minimum Gasteiger partial charge on any atom is -0.396 e. The first-order valence-corrected chi connectivity index (χ1v) is 13.1. The third-order valence-electron chi connectivity index (χ3n) is 7.68. The molecule has 0 bridgehead atoms. The van der Waals surface area contributed by atoms with Crippen molar-refractivity contribution in [2.45, 2.75) is 61.5 Å². The molecule has 8 heteroatoms. The highest BCUT2D eigenvalue weighted by molar-refractivity contribution is 8.02. The van der Waals surface area contributed by atoms with E-state index >= 15 is 0 Å². The van der Waals surface area contributed by atoms with E-state index in [0.29, 0.717) is 39.0 Å². The highest BCUT2D eigenvalue weighted by Gasteiger charge is 2.73. The summed E-state index contributed by atoms with van der Waals surface area (Å²) in [5.74, 6) is -1.20. The minimum atomic E-state index is -0.759. The fourth-order valence-electron chi connectivity index (χ4n) is 6.08. The number of thioether (sulfide) groups is 1. The molecule has 1 N–H and O–H groups in total. The maximum Gasteiger partial charge on any atom is 0.247 e. The average molecular weight is 476 g/mol. The summed E-state index contributed by atoms with van der Waals surface area (Å²) in [6.45, 7) is 6.42. The molecule has 4 aliphatic rings. The molecule has 3 amide bonds. The molecule has 4 aliphatic heterocycles. The fraction of sp³-hybridized carbons (Fsp3) is 0.720. The van der Waals surface area contributed by atoms with Crippen LogP contribution in [0.4, 0.5) is 0 Å². The molecule has 0 aromatic carbocycles. The van der Waals surface area contributed by atoms with Gasteiger partial charge in [0.15, 0.2) is 0 Å². The van der Waals surface area contributed by atoms with E-state index in [-0.39, 0.29) is 24.3 Å². The van der Waals surface area contributed by atoms with Gasteiger partial charge in [0, 0.05) is 44.6 Å². The van der Waals surface area contributed by atoms with Crippen LogP contribution in [-0.4, -0.2) is 92.9 Å². The molecule has 33 heavy (non-hydrogen) atoms. The van der Waals surface area contributed by atoms with Crippen molar-refractivity contribution in [3.63, 3.8) is 0 Å². The number of carbonyl (C=O) groups is 3. The van der Waals surface area contributed by atoms with Crippen molar-refractivity contribution in [2.24, 2.45) is 11.8 Å². The molecule has 0 saturated carbocycles. The van der Waals surface area contributed by atoms with Crippen molar-refractivity contribution in [3.8, 4) is 0 Å². The van der Waals surface area contributed by atoms with Gasteiger partial charge in [-0.25, -0.2) is 0 Å². The second-order valence-electron chi connectivity index (χ2n) is 9.97. The van der Waals surface area contributed by atoms with Crippen molar-refractivity contribution in [1.29, 1.82) is 0 Å². The lowest BCUT2D eigenvalue weighted by atomic mass is 9.74. The second kappa shape index (κ2) is 9.45. The number of fused-ring (bicyclic) bond motifs is 2. The van der Waals surface area contributed by atoms with Crippen molar-refractivity contribution < 1.29 is 19.5 Å². The van der Waals surface area contributed by atoms with E-state index in [1.54, 1.807) is 28.6 Å². The van der Waals surface area contributed by atoms with Crippen LogP contribution in [-0.2, 0) is 14.4 Å². The predicted molar refractivity (Wildman–Crippen MR) is 130 cm³/mol. The summed E-state index contributed by atoms with van der Waals surface area (Å²) in [5, 5.41) is 9.29. The number of amides is 3. The van der Waals surface area contributed by atoms with Gasteiger partial charge in [-0.3, -0.25) is 14.4 Å². The lowest BCUT2D eigenvalue weighted by molar-refractivity contribution is -0.144. The third-order valence-corrected chi connectivity index (χ3v) is 9.48. The number of aliphatic hydroxyl groups is 1. The first-order chi connectivity index (χ1) is 15.8. The van der Waals surface area contributed by atoms with Gasteiger partial charge < -0.3 is 19.8 Å². The molecule has 182 valence electrons. The van der Waals surface area contributed by atoms with Gasteiger partial charge in [0.05, 0.1) is 16.6 Å². The summed E-state index contributed by atoms with van der Waals surface area (Å²) in [5.41, 5.74) is 0. The van der Waals surface area contributed by atoms with Gasteiger partial charge in [-0.05, 0) is 26.2 Å². The van der Waals surface area contributed by atoms with E-state index in [0.717, 1.165) is 19.3 Å². The van der Waals surface area contributed by atoms with E-state index in [2.05, 4.69) is 19.1 Å². The quantitative estimate of drug-likeness (QED) is 0.429. The van der Waals surface area contributed by atoms with Gasteiger partial charge in [0.2, 0.25) is 17.7 Å². The van der Waals surface area contributed by atoms with Gasteiger partial charge in [0.1, 0.15) is 6.04 Å². The average Bonchev–Trinajstić information content (AvgIpc) is 3.05. The van der Waals surface area contributed by atoms with Crippen LogP contribution in [0.25, 0.3) is 0 Å². The molecular formula is C25H37N3O4S. The summed E-state index contributed by atoms with van der Waals surface area (Å²) in [4.78, 5) is 46.8. The van der Waals surface area contributed by atoms with Crippen LogP contribution in [0.3, 0.4) is 0 Å². The minimum absolute atomic E-state index is 0.00621. The fourth-order valence-corrected chi connectivity index (χ4v) is 8.24. The Bertz CT molecular complexity index is 861. The van der Waals surface area contributed by atoms with Crippen molar-refractivity contribution >= 4 is 29.5 Å². The van der Waals surface area contributed by atoms with Crippen LogP contribution in [0.2, 0.25) is 0 Å². The summed E-state index contributed by atoms with van der Waals surface area (Å²) >= 11 is 1.63. The van der Waals surface area contributed by atoms with E-state index in [1.807, 2.05) is 24.0 Å². The first-order valence-electron chi connectivity index (χ1n) is 12.3. The number of aliphatic hydroxyl groups excluding tert-OH is 1. The second-order valence-corrected chi connectivity index (χ2v) is 11.8. The van der Waals surface area contributed by atoms with Gasteiger partial charge in [-0.2, -0.15) is 0 Å². The van der Waals surface area contributed by atoms with Crippen molar-refractivity contribution in [1.82, 2.24) is 14.7 Å². The first kappa shape index (κ1) is 24.3. The Balaban J connectivity index is 1.76. The zero-order valence-electron chi connectivity index (χ0n) is 20.0. The highest BCUT2D eigenvalue weighted by atomic mass is 32.2. The summed E-state index contributed by atoms with van der Waals surface area (Å²) in [7, 11) is 1.79. The summed E-state index contributed by atoms with van der Waals surface area (Å²) < 4.78 is -1.30. The smallest absolute Gasteiger partial charge is 0.247 e. The number of nitrogens with zero attached hydrogens (tertiary/aromatic N) is 3. The number of carbonyl (C=O) groups excluding carboxylic acids is 3. The van der Waals surface area contributed by atoms with E-state index in [4.69, 9.17) is 0 Å². The van der Waals surface area contributed by atoms with Crippen LogP contribution in [0, 0.1) is 11.8 Å². The highest BCUT2D eigenvalue weighted by Crippen LogP contribution is 2.65. The lowest BCUT2D eigenvalue weighted by Gasteiger charge is -2.37. The largest absolute Gasteiger partial charge is 0.396 e. The van der Waals surface area contributed by atoms with Crippen LogP contribution < -0.4 is 0 Å². The van der Waals surface area contributed by atoms with Gasteiger partial charge in [-0.15, -0.1) is 11.8 Å². The van der Waals surface area contributed by atoms with Crippen LogP contribution >= 0.6 is 11.8 Å². The zero-order chi connectivity index (χ0) is 23.8.